The van der Waals surface area contributed by atoms with Crippen molar-refractivity contribution in [2.45, 2.75) is 26.4 Å². The second kappa shape index (κ2) is 10.7. The van der Waals surface area contributed by atoms with Crippen molar-refractivity contribution in [2.24, 2.45) is 4.99 Å². The van der Waals surface area contributed by atoms with Gasteiger partial charge in [-0.3, -0.25) is 4.99 Å². The number of aliphatic hydroxyl groups is 1. The SMILES string of the molecule is CCNC(=NCC(O)c1cc(OC)cc(OC)c1)NCCc1csc(C)n1. The molecule has 0 saturated carbocycles. The molecular formula is C19H28N4O3S. The average Bonchev–Trinajstić information content (AvgIpc) is 3.10. The van der Waals surface area contributed by atoms with Gasteiger partial charge < -0.3 is 25.2 Å². The molecule has 0 aliphatic heterocycles. The van der Waals surface area contributed by atoms with Crippen LogP contribution < -0.4 is 20.1 Å². The number of aryl methyl sites for hydroxylation is 1. The molecule has 2 rings (SSSR count). The standard InChI is InChI=1S/C19H28N4O3S/c1-5-20-19(21-7-6-15-12-27-13(2)23-15)22-11-18(24)14-8-16(25-3)10-17(9-14)26-4/h8-10,12,18,24H,5-7,11H2,1-4H3,(H2,20,21,22). The highest BCUT2D eigenvalue weighted by molar-refractivity contribution is 7.09. The zero-order valence-electron chi connectivity index (χ0n) is 16.3. The number of guanidine groups is 1. The van der Waals surface area contributed by atoms with Crippen LogP contribution in [0.2, 0.25) is 0 Å². The van der Waals surface area contributed by atoms with Crippen LogP contribution >= 0.6 is 11.3 Å². The van der Waals surface area contributed by atoms with Gasteiger partial charge in [0, 0.05) is 31.0 Å². The average molecular weight is 393 g/mol. The monoisotopic (exact) mass is 392 g/mol. The van der Waals surface area contributed by atoms with Gasteiger partial charge in [0.25, 0.3) is 0 Å². The lowest BCUT2D eigenvalue weighted by Crippen LogP contribution is -2.38. The molecule has 0 fully saturated rings. The summed E-state index contributed by atoms with van der Waals surface area (Å²) in [6, 6.07) is 5.34. The minimum atomic E-state index is -0.759. The number of benzene rings is 1. The number of hydrogen-bond acceptors (Lipinski definition) is 6. The molecule has 1 heterocycles. The van der Waals surface area contributed by atoms with Crippen molar-refractivity contribution in [1.82, 2.24) is 15.6 Å². The maximum atomic E-state index is 10.5. The molecule has 1 aromatic carbocycles. The third kappa shape index (κ3) is 6.73. The smallest absolute Gasteiger partial charge is 0.191 e. The Labute approximate surface area is 164 Å². The lowest BCUT2D eigenvalue weighted by Gasteiger charge is -2.14. The molecule has 27 heavy (non-hydrogen) atoms. The summed E-state index contributed by atoms with van der Waals surface area (Å²) in [5.41, 5.74) is 1.77. The van der Waals surface area contributed by atoms with Crippen molar-refractivity contribution in [3.8, 4) is 11.5 Å². The second-order valence-corrected chi connectivity index (χ2v) is 6.98. The number of nitrogens with one attached hydrogen (secondary N) is 2. The Bertz CT molecular complexity index is 726. The Kier molecular flexibility index (Phi) is 8.35. The molecular weight excluding hydrogens is 364 g/mol. The van der Waals surface area contributed by atoms with Gasteiger partial charge in [-0.25, -0.2) is 4.98 Å². The van der Waals surface area contributed by atoms with Crippen LogP contribution in [0, 0.1) is 6.92 Å². The van der Waals surface area contributed by atoms with E-state index < -0.39 is 6.10 Å². The van der Waals surface area contributed by atoms with E-state index in [0.717, 1.165) is 30.2 Å². The Morgan fingerprint density at radius 2 is 1.93 bits per heavy atom. The van der Waals surface area contributed by atoms with Crippen molar-refractivity contribution in [3.05, 3.63) is 39.8 Å². The van der Waals surface area contributed by atoms with E-state index in [4.69, 9.17) is 9.47 Å². The van der Waals surface area contributed by atoms with Crippen LogP contribution in [0.3, 0.4) is 0 Å². The molecule has 2 aromatic rings. The molecule has 0 bridgehead atoms. The Hall–Kier alpha value is -2.32. The van der Waals surface area contributed by atoms with Gasteiger partial charge in [0.2, 0.25) is 0 Å². The number of hydrogen-bond donors (Lipinski definition) is 3. The van der Waals surface area contributed by atoms with Crippen molar-refractivity contribution >= 4 is 17.3 Å². The highest BCUT2D eigenvalue weighted by Gasteiger charge is 2.11. The van der Waals surface area contributed by atoms with Crippen molar-refractivity contribution in [1.29, 1.82) is 0 Å². The zero-order valence-corrected chi connectivity index (χ0v) is 17.1. The number of aliphatic hydroxyl groups excluding tert-OH is 1. The molecule has 148 valence electrons. The number of rotatable bonds is 9. The van der Waals surface area contributed by atoms with Gasteiger partial charge >= 0.3 is 0 Å². The normalized spacial score (nSPS) is 12.6. The largest absolute Gasteiger partial charge is 0.497 e. The molecule has 7 nitrogen and oxygen atoms in total. The number of thiazole rings is 1. The van der Waals surface area contributed by atoms with Gasteiger partial charge in [-0.05, 0) is 31.5 Å². The summed E-state index contributed by atoms with van der Waals surface area (Å²) in [6.07, 6.45) is 0.0651. The number of ether oxygens (including phenoxy) is 2. The highest BCUT2D eigenvalue weighted by atomic mass is 32.1. The minimum absolute atomic E-state index is 0.224. The van der Waals surface area contributed by atoms with Crippen molar-refractivity contribution < 1.29 is 14.6 Å². The van der Waals surface area contributed by atoms with E-state index in [9.17, 15) is 5.11 Å². The number of methoxy groups -OCH3 is 2. The molecule has 1 aromatic heterocycles. The van der Waals surface area contributed by atoms with Crippen LogP contribution in [0.25, 0.3) is 0 Å². The van der Waals surface area contributed by atoms with E-state index in [0.29, 0.717) is 23.0 Å². The summed E-state index contributed by atoms with van der Waals surface area (Å²) in [7, 11) is 3.17. The van der Waals surface area contributed by atoms with Crippen LogP contribution in [0.15, 0.2) is 28.6 Å². The summed E-state index contributed by atoms with van der Waals surface area (Å²) >= 11 is 1.65. The maximum absolute atomic E-state index is 10.5. The highest BCUT2D eigenvalue weighted by Crippen LogP contribution is 2.26. The van der Waals surface area contributed by atoms with Gasteiger partial charge in [0.15, 0.2) is 5.96 Å². The second-order valence-electron chi connectivity index (χ2n) is 5.92. The molecule has 0 radical (unpaired) electrons. The molecule has 0 aliphatic carbocycles. The fourth-order valence-electron chi connectivity index (χ4n) is 2.48. The predicted molar refractivity (Wildman–Crippen MR) is 109 cm³/mol. The minimum Gasteiger partial charge on any atom is -0.497 e. The Morgan fingerprint density at radius 1 is 1.22 bits per heavy atom. The lowest BCUT2D eigenvalue weighted by molar-refractivity contribution is 0.186. The lowest BCUT2D eigenvalue weighted by atomic mass is 10.1. The van der Waals surface area contributed by atoms with Gasteiger partial charge in [-0.15, -0.1) is 11.3 Å². The quantitative estimate of drug-likeness (QED) is 0.448. The first-order valence-electron chi connectivity index (χ1n) is 8.90. The summed E-state index contributed by atoms with van der Waals surface area (Å²) in [6.45, 7) is 5.69. The van der Waals surface area contributed by atoms with Crippen molar-refractivity contribution in [2.75, 3.05) is 33.9 Å². The van der Waals surface area contributed by atoms with E-state index in [1.54, 1.807) is 43.8 Å². The third-order valence-electron chi connectivity index (χ3n) is 3.87. The van der Waals surface area contributed by atoms with Gasteiger partial charge in [-0.1, -0.05) is 0 Å². The molecule has 0 amide bonds. The fraction of sp³-hybridized carbons (Fsp3) is 0.474. The van der Waals surface area contributed by atoms with Gasteiger partial charge in [0.05, 0.1) is 37.6 Å². The first-order chi connectivity index (χ1) is 13.0. The van der Waals surface area contributed by atoms with E-state index in [-0.39, 0.29) is 6.54 Å². The summed E-state index contributed by atoms with van der Waals surface area (Å²) < 4.78 is 10.5. The predicted octanol–water partition coefficient (Wildman–Crippen LogP) is 2.30. The summed E-state index contributed by atoms with van der Waals surface area (Å²) in [5.74, 6) is 1.94. The molecule has 1 unspecified atom stereocenters. The summed E-state index contributed by atoms with van der Waals surface area (Å²) in [4.78, 5) is 8.94. The number of aromatic nitrogens is 1. The molecule has 0 spiro atoms. The Morgan fingerprint density at radius 3 is 2.48 bits per heavy atom. The van der Waals surface area contributed by atoms with E-state index in [2.05, 4.69) is 26.0 Å². The first kappa shape index (κ1) is 21.0. The molecule has 0 aliphatic rings. The first-order valence-corrected chi connectivity index (χ1v) is 9.77. The fourth-order valence-corrected chi connectivity index (χ4v) is 3.13. The Balaban J connectivity index is 1.96. The number of aliphatic imine (C=N–C) groups is 1. The van der Waals surface area contributed by atoms with E-state index in [1.165, 1.54) is 0 Å². The van der Waals surface area contributed by atoms with Crippen LogP contribution in [0.5, 0.6) is 11.5 Å². The topological polar surface area (TPSA) is 88.0 Å². The van der Waals surface area contributed by atoms with Gasteiger partial charge in [0.1, 0.15) is 11.5 Å². The van der Waals surface area contributed by atoms with Crippen molar-refractivity contribution in [3.63, 3.8) is 0 Å². The molecule has 8 heteroatoms. The van der Waals surface area contributed by atoms with Crippen LogP contribution in [-0.2, 0) is 6.42 Å². The molecule has 1 atom stereocenters. The summed E-state index contributed by atoms with van der Waals surface area (Å²) in [5, 5.41) is 20.1. The van der Waals surface area contributed by atoms with Crippen LogP contribution in [0.4, 0.5) is 0 Å². The van der Waals surface area contributed by atoms with Crippen LogP contribution in [-0.4, -0.2) is 49.9 Å². The third-order valence-corrected chi connectivity index (χ3v) is 4.69. The maximum Gasteiger partial charge on any atom is 0.191 e. The zero-order chi connectivity index (χ0) is 19.6. The molecule has 0 saturated heterocycles. The van der Waals surface area contributed by atoms with E-state index in [1.807, 2.05) is 13.8 Å². The number of nitrogens with zero attached hydrogens (tertiary/aromatic N) is 2. The van der Waals surface area contributed by atoms with Crippen LogP contribution in [0.1, 0.15) is 29.3 Å². The van der Waals surface area contributed by atoms with E-state index >= 15 is 0 Å². The van der Waals surface area contributed by atoms with Gasteiger partial charge in [-0.2, -0.15) is 0 Å². The molecule has 3 N–H and O–H groups in total.